The molecule has 0 atom stereocenters. The standard InChI is InChI=1S/C24H22N2O2/c27-23-7-4-16-26(23)17-18-8-10-21(11-9-18)24(28)25-22-14-12-20(13-15-22)19-5-2-1-3-6-19/h1-3,5-6,8-15H,4,7,16-17H2,(H,25,28). The quantitative estimate of drug-likeness (QED) is 0.706. The van der Waals surface area contributed by atoms with Crippen molar-refractivity contribution in [1.82, 2.24) is 4.90 Å². The summed E-state index contributed by atoms with van der Waals surface area (Å²) in [5.41, 5.74) is 4.66. The molecule has 1 aliphatic rings. The molecule has 0 radical (unpaired) electrons. The Morgan fingerprint density at radius 2 is 1.54 bits per heavy atom. The lowest BCUT2D eigenvalue weighted by Crippen LogP contribution is -2.23. The van der Waals surface area contributed by atoms with Crippen LogP contribution in [-0.2, 0) is 11.3 Å². The summed E-state index contributed by atoms with van der Waals surface area (Å²) < 4.78 is 0. The minimum atomic E-state index is -0.142. The van der Waals surface area contributed by atoms with Gasteiger partial charge in [-0.25, -0.2) is 0 Å². The summed E-state index contributed by atoms with van der Waals surface area (Å²) in [4.78, 5) is 26.1. The van der Waals surface area contributed by atoms with Gasteiger partial charge in [-0.05, 0) is 47.4 Å². The van der Waals surface area contributed by atoms with E-state index in [0.29, 0.717) is 18.5 Å². The minimum absolute atomic E-state index is 0.142. The first-order chi connectivity index (χ1) is 13.7. The summed E-state index contributed by atoms with van der Waals surface area (Å²) in [7, 11) is 0. The maximum absolute atomic E-state index is 12.5. The monoisotopic (exact) mass is 370 g/mol. The Bertz CT molecular complexity index is 964. The Morgan fingerprint density at radius 3 is 2.18 bits per heavy atom. The fourth-order valence-corrected chi connectivity index (χ4v) is 3.43. The number of carbonyl (C=O) groups is 2. The van der Waals surface area contributed by atoms with Gasteiger partial charge in [0.05, 0.1) is 0 Å². The lowest BCUT2D eigenvalue weighted by molar-refractivity contribution is -0.128. The average molecular weight is 370 g/mol. The zero-order valence-electron chi connectivity index (χ0n) is 15.6. The maximum atomic E-state index is 12.5. The number of rotatable bonds is 5. The molecule has 1 saturated heterocycles. The predicted molar refractivity (Wildman–Crippen MR) is 111 cm³/mol. The molecule has 4 rings (SSSR count). The summed E-state index contributed by atoms with van der Waals surface area (Å²) in [5.74, 6) is 0.0667. The molecule has 3 aromatic rings. The van der Waals surface area contributed by atoms with Crippen molar-refractivity contribution in [3.8, 4) is 11.1 Å². The van der Waals surface area contributed by atoms with Gasteiger partial charge in [-0.2, -0.15) is 0 Å². The third-order valence-electron chi connectivity index (χ3n) is 5.01. The van der Waals surface area contributed by atoms with Gasteiger partial charge < -0.3 is 10.2 Å². The highest BCUT2D eigenvalue weighted by Gasteiger charge is 2.20. The second-order valence-corrected chi connectivity index (χ2v) is 7.01. The zero-order chi connectivity index (χ0) is 19.3. The van der Waals surface area contributed by atoms with Crippen LogP contribution in [0.4, 0.5) is 5.69 Å². The van der Waals surface area contributed by atoms with E-state index in [1.165, 1.54) is 0 Å². The SMILES string of the molecule is O=C(Nc1ccc(-c2ccccc2)cc1)c1ccc(CN2CCCC2=O)cc1. The van der Waals surface area contributed by atoms with Crippen LogP contribution in [0.1, 0.15) is 28.8 Å². The Labute approximate surface area is 164 Å². The molecule has 28 heavy (non-hydrogen) atoms. The number of hydrogen-bond donors (Lipinski definition) is 1. The van der Waals surface area contributed by atoms with E-state index >= 15 is 0 Å². The number of anilines is 1. The van der Waals surface area contributed by atoms with Gasteiger partial charge in [-0.15, -0.1) is 0 Å². The molecule has 140 valence electrons. The van der Waals surface area contributed by atoms with Crippen LogP contribution in [0, 0.1) is 0 Å². The highest BCUT2D eigenvalue weighted by Crippen LogP contribution is 2.21. The molecule has 0 unspecified atom stereocenters. The topological polar surface area (TPSA) is 49.4 Å². The minimum Gasteiger partial charge on any atom is -0.338 e. The second kappa shape index (κ2) is 8.09. The largest absolute Gasteiger partial charge is 0.338 e. The first kappa shape index (κ1) is 18.0. The molecule has 0 aromatic heterocycles. The van der Waals surface area contributed by atoms with Gasteiger partial charge >= 0.3 is 0 Å². The van der Waals surface area contributed by atoms with Gasteiger partial charge in [0.25, 0.3) is 5.91 Å². The van der Waals surface area contributed by atoms with E-state index in [1.54, 1.807) is 0 Å². The zero-order valence-corrected chi connectivity index (χ0v) is 15.6. The van der Waals surface area contributed by atoms with Gasteiger partial charge in [0.1, 0.15) is 0 Å². The van der Waals surface area contributed by atoms with E-state index in [1.807, 2.05) is 71.6 Å². The number of carbonyl (C=O) groups excluding carboxylic acids is 2. The number of nitrogens with zero attached hydrogens (tertiary/aromatic N) is 1. The van der Waals surface area contributed by atoms with Crippen molar-refractivity contribution in [2.75, 3.05) is 11.9 Å². The Morgan fingerprint density at radius 1 is 0.857 bits per heavy atom. The Hall–Kier alpha value is -3.40. The molecular formula is C24H22N2O2. The molecule has 0 saturated carbocycles. The van der Waals surface area contributed by atoms with E-state index in [-0.39, 0.29) is 11.8 Å². The maximum Gasteiger partial charge on any atom is 0.255 e. The van der Waals surface area contributed by atoms with E-state index in [9.17, 15) is 9.59 Å². The van der Waals surface area contributed by atoms with E-state index < -0.39 is 0 Å². The van der Waals surface area contributed by atoms with Gasteiger partial charge in [0.15, 0.2) is 0 Å². The van der Waals surface area contributed by atoms with Crippen LogP contribution in [0.25, 0.3) is 11.1 Å². The van der Waals surface area contributed by atoms with Crippen molar-refractivity contribution in [2.45, 2.75) is 19.4 Å². The summed E-state index contributed by atoms with van der Waals surface area (Å²) in [5, 5.41) is 2.93. The van der Waals surface area contributed by atoms with Crippen LogP contribution in [0.5, 0.6) is 0 Å². The first-order valence-electron chi connectivity index (χ1n) is 9.52. The molecule has 4 nitrogen and oxygen atoms in total. The number of amides is 2. The fourth-order valence-electron chi connectivity index (χ4n) is 3.43. The van der Waals surface area contributed by atoms with Crippen molar-refractivity contribution >= 4 is 17.5 Å². The molecule has 4 heteroatoms. The van der Waals surface area contributed by atoms with E-state index in [2.05, 4.69) is 17.4 Å². The molecule has 0 spiro atoms. The summed E-state index contributed by atoms with van der Waals surface area (Å²) >= 11 is 0. The molecule has 3 aromatic carbocycles. The highest BCUT2D eigenvalue weighted by molar-refractivity contribution is 6.04. The second-order valence-electron chi connectivity index (χ2n) is 7.01. The van der Waals surface area contributed by atoms with Crippen molar-refractivity contribution in [2.24, 2.45) is 0 Å². The third kappa shape index (κ3) is 4.12. The Balaban J connectivity index is 1.38. The predicted octanol–water partition coefficient (Wildman–Crippen LogP) is 4.73. The van der Waals surface area contributed by atoms with Gasteiger partial charge in [0.2, 0.25) is 5.91 Å². The van der Waals surface area contributed by atoms with E-state index in [4.69, 9.17) is 0 Å². The van der Waals surface area contributed by atoms with Gasteiger partial charge in [-0.1, -0.05) is 54.6 Å². The molecular weight excluding hydrogens is 348 g/mol. The fraction of sp³-hybridized carbons (Fsp3) is 0.167. The first-order valence-corrected chi connectivity index (χ1v) is 9.52. The molecule has 1 aliphatic heterocycles. The van der Waals surface area contributed by atoms with Crippen LogP contribution < -0.4 is 5.32 Å². The summed E-state index contributed by atoms with van der Waals surface area (Å²) in [6, 6.07) is 25.4. The number of nitrogens with one attached hydrogen (secondary N) is 1. The summed E-state index contributed by atoms with van der Waals surface area (Å²) in [6.45, 7) is 1.43. The Kier molecular flexibility index (Phi) is 5.20. The van der Waals surface area contributed by atoms with Crippen LogP contribution >= 0.6 is 0 Å². The molecule has 0 aliphatic carbocycles. The molecule has 1 fully saturated rings. The molecule has 2 amide bonds. The lowest BCUT2D eigenvalue weighted by Gasteiger charge is -2.15. The van der Waals surface area contributed by atoms with Crippen LogP contribution in [0.3, 0.4) is 0 Å². The smallest absolute Gasteiger partial charge is 0.255 e. The normalized spacial score (nSPS) is 13.6. The van der Waals surface area contributed by atoms with Crippen molar-refractivity contribution in [3.05, 3.63) is 90.0 Å². The van der Waals surface area contributed by atoms with Gasteiger partial charge in [0, 0.05) is 30.8 Å². The summed E-state index contributed by atoms with van der Waals surface area (Å²) in [6.07, 6.45) is 1.58. The third-order valence-corrected chi connectivity index (χ3v) is 5.01. The van der Waals surface area contributed by atoms with E-state index in [0.717, 1.165) is 35.3 Å². The highest BCUT2D eigenvalue weighted by atomic mass is 16.2. The van der Waals surface area contributed by atoms with Crippen LogP contribution in [-0.4, -0.2) is 23.3 Å². The number of likely N-dealkylation sites (tertiary alicyclic amines) is 1. The van der Waals surface area contributed by atoms with Crippen molar-refractivity contribution in [1.29, 1.82) is 0 Å². The molecule has 1 heterocycles. The average Bonchev–Trinajstić information content (AvgIpc) is 3.14. The van der Waals surface area contributed by atoms with Crippen LogP contribution in [0.2, 0.25) is 0 Å². The molecule has 0 bridgehead atoms. The lowest BCUT2D eigenvalue weighted by atomic mass is 10.1. The number of benzene rings is 3. The van der Waals surface area contributed by atoms with Crippen molar-refractivity contribution in [3.63, 3.8) is 0 Å². The van der Waals surface area contributed by atoms with Crippen LogP contribution in [0.15, 0.2) is 78.9 Å². The number of hydrogen-bond acceptors (Lipinski definition) is 2. The van der Waals surface area contributed by atoms with Gasteiger partial charge in [-0.3, -0.25) is 9.59 Å². The molecule has 1 N–H and O–H groups in total. The van der Waals surface area contributed by atoms with Crippen molar-refractivity contribution < 1.29 is 9.59 Å².